The van der Waals surface area contributed by atoms with Gasteiger partial charge in [0.15, 0.2) is 0 Å². The van der Waals surface area contributed by atoms with Gasteiger partial charge in [-0.25, -0.2) is 0 Å². The Labute approximate surface area is 127 Å². The van der Waals surface area contributed by atoms with Gasteiger partial charge in [-0.05, 0) is 53.3 Å². The number of nitrogens with zero attached hydrogens (tertiary/aromatic N) is 2. The molecule has 104 valence electrons. The third kappa shape index (κ3) is 2.93. The number of hydrogen-bond acceptors (Lipinski definition) is 3. The van der Waals surface area contributed by atoms with Gasteiger partial charge >= 0.3 is 0 Å². The van der Waals surface area contributed by atoms with E-state index < -0.39 is 0 Å². The average molecular weight is 342 g/mol. The first-order valence-corrected chi connectivity index (χ1v) is 8.17. The molecule has 0 saturated heterocycles. The van der Waals surface area contributed by atoms with Crippen molar-refractivity contribution in [1.29, 1.82) is 0 Å². The second-order valence-electron chi connectivity index (χ2n) is 4.70. The van der Waals surface area contributed by atoms with Crippen molar-refractivity contribution in [3.8, 4) is 0 Å². The molecule has 0 saturated carbocycles. The first-order valence-electron chi connectivity index (χ1n) is 6.50. The smallest absolute Gasteiger partial charge is 0.0766 e. The molecule has 19 heavy (non-hydrogen) atoms. The number of aromatic nitrogens is 2. The van der Waals surface area contributed by atoms with Crippen molar-refractivity contribution >= 4 is 27.3 Å². The molecule has 2 aromatic heterocycles. The quantitative estimate of drug-likeness (QED) is 0.899. The van der Waals surface area contributed by atoms with Crippen LogP contribution < -0.4 is 5.32 Å². The fraction of sp³-hybridized carbons (Fsp3) is 0.500. The van der Waals surface area contributed by atoms with E-state index >= 15 is 0 Å². The summed E-state index contributed by atoms with van der Waals surface area (Å²) in [6, 6.07) is 2.52. The Morgan fingerprint density at radius 2 is 2.26 bits per heavy atom. The highest BCUT2D eigenvalue weighted by Gasteiger charge is 2.19. The summed E-state index contributed by atoms with van der Waals surface area (Å²) in [5.41, 5.74) is 3.75. The van der Waals surface area contributed by atoms with Gasteiger partial charge in [0.05, 0.1) is 15.9 Å². The Morgan fingerprint density at radius 1 is 1.53 bits per heavy atom. The molecule has 5 heteroatoms. The lowest BCUT2D eigenvalue weighted by atomic mass is 10.1. The van der Waals surface area contributed by atoms with Gasteiger partial charge in [0, 0.05) is 24.4 Å². The minimum absolute atomic E-state index is 0.344. The number of likely N-dealkylation sites (N-methyl/N-ethyl adjacent to an activating group) is 1. The van der Waals surface area contributed by atoms with Crippen LogP contribution in [0.5, 0.6) is 0 Å². The number of rotatable bonds is 5. The Morgan fingerprint density at radius 3 is 2.74 bits per heavy atom. The molecule has 1 N–H and O–H groups in total. The molecule has 0 aliphatic heterocycles. The van der Waals surface area contributed by atoms with E-state index in [1.807, 2.05) is 30.1 Å². The van der Waals surface area contributed by atoms with Crippen LogP contribution in [0.2, 0.25) is 0 Å². The third-order valence-corrected chi connectivity index (χ3v) is 5.52. The Kier molecular flexibility index (Phi) is 4.81. The zero-order chi connectivity index (χ0) is 14.0. The lowest BCUT2D eigenvalue weighted by molar-refractivity contribution is 0.566. The summed E-state index contributed by atoms with van der Waals surface area (Å²) in [6.45, 7) is 4.31. The minimum atomic E-state index is 0.344. The van der Waals surface area contributed by atoms with Gasteiger partial charge in [0.25, 0.3) is 0 Å². The first-order chi connectivity index (χ1) is 9.08. The summed E-state index contributed by atoms with van der Waals surface area (Å²) in [5.74, 6) is 0. The molecule has 0 fully saturated rings. The third-order valence-electron chi connectivity index (χ3n) is 3.47. The second-order valence-corrected chi connectivity index (χ2v) is 6.44. The predicted octanol–water partition coefficient (Wildman–Crippen LogP) is 3.62. The van der Waals surface area contributed by atoms with E-state index in [2.05, 4.69) is 51.6 Å². The number of thiophene rings is 1. The summed E-state index contributed by atoms with van der Waals surface area (Å²) < 4.78 is 3.16. The summed E-state index contributed by atoms with van der Waals surface area (Å²) >= 11 is 5.51. The van der Waals surface area contributed by atoms with E-state index in [-0.39, 0.29) is 0 Å². The number of halogens is 1. The van der Waals surface area contributed by atoms with Crippen LogP contribution in [0.15, 0.2) is 15.9 Å². The normalized spacial score (nSPS) is 12.9. The second kappa shape index (κ2) is 6.20. The van der Waals surface area contributed by atoms with Gasteiger partial charge in [-0.2, -0.15) is 5.10 Å². The number of hydrogen-bond donors (Lipinski definition) is 1. The molecule has 2 heterocycles. The molecule has 3 nitrogen and oxygen atoms in total. The molecule has 0 aliphatic carbocycles. The van der Waals surface area contributed by atoms with Crippen LogP contribution >= 0.6 is 27.3 Å². The van der Waals surface area contributed by atoms with E-state index in [4.69, 9.17) is 0 Å². The molecule has 1 unspecified atom stereocenters. The zero-order valence-corrected chi connectivity index (χ0v) is 14.2. The standard InChI is InChI=1S/C14H20BrN3S/c1-5-10-13(15)12(18(4)17-10)8-11(16-3)14-9(2)6-7-19-14/h6-7,11,16H,5,8H2,1-4H3. The van der Waals surface area contributed by atoms with Crippen LogP contribution in [0, 0.1) is 6.92 Å². The number of aryl methyl sites for hydroxylation is 3. The molecule has 0 amide bonds. The monoisotopic (exact) mass is 341 g/mol. The Balaban J connectivity index is 2.29. The first kappa shape index (κ1) is 14.8. The lowest BCUT2D eigenvalue weighted by Gasteiger charge is -2.16. The van der Waals surface area contributed by atoms with Crippen LogP contribution in [0.3, 0.4) is 0 Å². The molecule has 0 aliphatic rings. The van der Waals surface area contributed by atoms with Crippen LogP contribution in [-0.2, 0) is 19.9 Å². The summed E-state index contributed by atoms with van der Waals surface area (Å²) in [7, 11) is 4.04. The van der Waals surface area contributed by atoms with Crippen molar-refractivity contribution in [3.63, 3.8) is 0 Å². The molecule has 0 aromatic carbocycles. The van der Waals surface area contributed by atoms with Crippen molar-refractivity contribution in [2.24, 2.45) is 7.05 Å². The van der Waals surface area contributed by atoms with Gasteiger partial charge < -0.3 is 5.32 Å². The summed E-state index contributed by atoms with van der Waals surface area (Å²) in [5, 5.41) is 10.1. The maximum Gasteiger partial charge on any atom is 0.0766 e. The molecule has 0 radical (unpaired) electrons. The number of nitrogens with one attached hydrogen (secondary N) is 1. The predicted molar refractivity (Wildman–Crippen MR) is 84.8 cm³/mol. The highest BCUT2D eigenvalue weighted by molar-refractivity contribution is 9.10. The Hall–Kier alpha value is -0.650. The zero-order valence-electron chi connectivity index (χ0n) is 11.8. The maximum atomic E-state index is 4.57. The maximum absolute atomic E-state index is 4.57. The lowest BCUT2D eigenvalue weighted by Crippen LogP contribution is -2.20. The highest BCUT2D eigenvalue weighted by Crippen LogP contribution is 2.30. The van der Waals surface area contributed by atoms with Crippen LogP contribution in [-0.4, -0.2) is 16.8 Å². The van der Waals surface area contributed by atoms with E-state index in [1.54, 1.807) is 0 Å². The molecule has 2 rings (SSSR count). The summed E-state index contributed by atoms with van der Waals surface area (Å²) in [4.78, 5) is 1.41. The molecule has 0 bridgehead atoms. The van der Waals surface area contributed by atoms with E-state index in [0.29, 0.717) is 6.04 Å². The van der Waals surface area contributed by atoms with E-state index in [9.17, 15) is 0 Å². The van der Waals surface area contributed by atoms with Crippen molar-refractivity contribution < 1.29 is 0 Å². The average Bonchev–Trinajstić information content (AvgIpc) is 2.93. The Bertz CT molecular complexity index is 559. The molecular weight excluding hydrogens is 322 g/mol. The van der Waals surface area contributed by atoms with Crippen molar-refractivity contribution in [3.05, 3.63) is 37.7 Å². The molecule has 2 aromatic rings. The van der Waals surface area contributed by atoms with Crippen LogP contribution in [0.4, 0.5) is 0 Å². The van der Waals surface area contributed by atoms with E-state index in [1.165, 1.54) is 16.1 Å². The van der Waals surface area contributed by atoms with E-state index in [0.717, 1.165) is 23.0 Å². The molecule has 0 spiro atoms. The van der Waals surface area contributed by atoms with Gasteiger partial charge in [-0.3, -0.25) is 4.68 Å². The highest BCUT2D eigenvalue weighted by atomic mass is 79.9. The van der Waals surface area contributed by atoms with Gasteiger partial charge in [-0.1, -0.05) is 6.92 Å². The van der Waals surface area contributed by atoms with Crippen LogP contribution in [0.25, 0.3) is 0 Å². The van der Waals surface area contributed by atoms with Gasteiger partial charge in [-0.15, -0.1) is 11.3 Å². The van der Waals surface area contributed by atoms with Gasteiger partial charge in [0.2, 0.25) is 0 Å². The molecule has 1 atom stereocenters. The summed E-state index contributed by atoms with van der Waals surface area (Å²) in [6.07, 6.45) is 1.90. The molecular formula is C14H20BrN3S. The van der Waals surface area contributed by atoms with Crippen molar-refractivity contribution in [1.82, 2.24) is 15.1 Å². The SMILES string of the molecule is CCc1nn(C)c(CC(NC)c2sccc2C)c1Br. The topological polar surface area (TPSA) is 29.9 Å². The largest absolute Gasteiger partial charge is 0.312 e. The minimum Gasteiger partial charge on any atom is -0.312 e. The van der Waals surface area contributed by atoms with Crippen molar-refractivity contribution in [2.45, 2.75) is 32.7 Å². The van der Waals surface area contributed by atoms with Crippen LogP contribution in [0.1, 0.15) is 34.8 Å². The van der Waals surface area contributed by atoms with Gasteiger partial charge in [0.1, 0.15) is 0 Å². The fourth-order valence-electron chi connectivity index (χ4n) is 2.30. The fourth-order valence-corrected chi connectivity index (χ4v) is 4.12. The van der Waals surface area contributed by atoms with Crippen molar-refractivity contribution in [2.75, 3.05) is 7.05 Å².